The minimum absolute atomic E-state index is 0.0502. The number of alkyl carbamates (subject to hydrolysis) is 1. The molecule has 0 aromatic heterocycles. The van der Waals surface area contributed by atoms with Crippen molar-refractivity contribution in [3.05, 3.63) is 95.6 Å². The predicted molar refractivity (Wildman–Crippen MR) is 154 cm³/mol. The molecule has 1 saturated carbocycles. The Balaban J connectivity index is 1.06. The second-order valence-electron chi connectivity index (χ2n) is 11.6. The highest BCUT2D eigenvalue weighted by atomic mass is 16.5. The molecule has 3 aliphatic rings. The Morgan fingerprint density at radius 1 is 0.878 bits per heavy atom. The normalized spacial score (nSPS) is 20.9. The molecule has 0 radical (unpaired) electrons. The Bertz CT molecular complexity index is 1410. The van der Waals surface area contributed by atoms with E-state index in [1.165, 1.54) is 0 Å². The second-order valence-corrected chi connectivity index (χ2v) is 11.6. The largest absolute Gasteiger partial charge is 0.479 e. The van der Waals surface area contributed by atoms with Crippen molar-refractivity contribution >= 4 is 18.0 Å². The number of hydrogen-bond acceptors (Lipinski definition) is 5. The number of carboxylic acid groups (broad SMARTS) is 1. The Morgan fingerprint density at radius 2 is 1.51 bits per heavy atom. The summed E-state index contributed by atoms with van der Waals surface area (Å²) in [5.41, 5.74) is 3.50. The van der Waals surface area contributed by atoms with Gasteiger partial charge in [-0.25, -0.2) is 9.59 Å². The van der Waals surface area contributed by atoms with Gasteiger partial charge in [0.05, 0.1) is 5.41 Å². The lowest BCUT2D eigenvalue weighted by molar-refractivity contribution is -0.150. The highest BCUT2D eigenvalue weighted by molar-refractivity contribution is 5.91. The summed E-state index contributed by atoms with van der Waals surface area (Å²) in [5.74, 6) is -1.39. The molecule has 2 aliphatic carbocycles. The Morgan fingerprint density at radius 3 is 2.12 bits per heavy atom. The average Bonchev–Trinajstić information content (AvgIpc) is 3.51. The van der Waals surface area contributed by atoms with Crippen molar-refractivity contribution in [3.63, 3.8) is 0 Å². The highest BCUT2D eigenvalue weighted by Crippen LogP contribution is 2.45. The third-order valence-electron chi connectivity index (χ3n) is 9.07. The van der Waals surface area contributed by atoms with Crippen LogP contribution in [-0.4, -0.2) is 59.8 Å². The number of carbonyl (C=O) groups excluding carboxylic acids is 2. The monoisotopic (exact) mass is 553 g/mol. The van der Waals surface area contributed by atoms with E-state index in [-0.39, 0.29) is 31.5 Å². The molecular formula is C33H35N3O5. The smallest absolute Gasteiger partial charge is 0.407 e. The van der Waals surface area contributed by atoms with E-state index >= 15 is 0 Å². The molecule has 2 amide bonds. The summed E-state index contributed by atoms with van der Waals surface area (Å²) in [6.07, 6.45) is 1.78. The first-order chi connectivity index (χ1) is 19.9. The number of likely N-dealkylation sites (tertiary alicyclic amines) is 1. The molecular weight excluding hydrogens is 518 g/mol. The predicted octanol–water partition coefficient (Wildman–Crippen LogP) is 4.54. The molecule has 212 valence electrons. The minimum atomic E-state index is -1.35. The number of carboxylic acids is 1. The van der Waals surface area contributed by atoms with Crippen LogP contribution in [0.4, 0.5) is 4.79 Å². The van der Waals surface area contributed by atoms with Crippen molar-refractivity contribution in [1.82, 2.24) is 15.5 Å². The Kier molecular flexibility index (Phi) is 7.26. The lowest BCUT2D eigenvalue weighted by Gasteiger charge is -2.42. The first-order valence-electron chi connectivity index (χ1n) is 14.3. The fourth-order valence-electron chi connectivity index (χ4n) is 6.52. The minimum Gasteiger partial charge on any atom is -0.479 e. The molecule has 8 nitrogen and oxygen atoms in total. The third kappa shape index (κ3) is 5.20. The number of amides is 2. The number of ether oxygens (including phenoxy) is 1. The molecule has 1 aliphatic heterocycles. The summed E-state index contributed by atoms with van der Waals surface area (Å²) < 4.78 is 5.66. The highest BCUT2D eigenvalue weighted by Gasteiger charge is 2.51. The first-order valence-corrected chi connectivity index (χ1v) is 14.3. The van der Waals surface area contributed by atoms with E-state index < -0.39 is 23.0 Å². The molecule has 6 rings (SSSR count). The standard InChI is InChI=1S/C33H35N3O5/c37-29(35-33(30(38)39)17-18-36(22-33)19-23-9-2-1-3-10-23)32(15-8-16-32)21-34-31(40)41-20-28-26-13-6-4-11-24(26)25-12-5-7-14-27(25)28/h1-7,9-14,28H,8,15-22H2,(H,34,40)(H,35,37)(H,38,39). The van der Waals surface area contributed by atoms with Gasteiger partial charge in [0.15, 0.2) is 5.54 Å². The van der Waals surface area contributed by atoms with Gasteiger partial charge >= 0.3 is 12.1 Å². The number of nitrogens with zero attached hydrogens (tertiary/aromatic N) is 1. The van der Waals surface area contributed by atoms with Crippen LogP contribution >= 0.6 is 0 Å². The van der Waals surface area contributed by atoms with Gasteiger partial charge in [-0.2, -0.15) is 0 Å². The van der Waals surface area contributed by atoms with Gasteiger partial charge < -0.3 is 20.5 Å². The van der Waals surface area contributed by atoms with Crippen molar-refractivity contribution in [2.24, 2.45) is 5.41 Å². The van der Waals surface area contributed by atoms with Crippen molar-refractivity contribution < 1.29 is 24.2 Å². The molecule has 1 unspecified atom stereocenters. The van der Waals surface area contributed by atoms with Gasteiger partial charge in [-0.05, 0) is 47.1 Å². The van der Waals surface area contributed by atoms with E-state index in [0.717, 1.165) is 34.2 Å². The van der Waals surface area contributed by atoms with Gasteiger partial charge in [0.25, 0.3) is 0 Å². The average molecular weight is 554 g/mol. The van der Waals surface area contributed by atoms with Crippen molar-refractivity contribution in [2.75, 3.05) is 26.2 Å². The van der Waals surface area contributed by atoms with Gasteiger partial charge in [0, 0.05) is 32.1 Å². The molecule has 3 N–H and O–H groups in total. The molecule has 1 heterocycles. The number of benzene rings is 3. The summed E-state index contributed by atoms with van der Waals surface area (Å²) >= 11 is 0. The van der Waals surface area contributed by atoms with Crippen LogP contribution in [0.1, 0.15) is 48.3 Å². The summed E-state index contributed by atoms with van der Waals surface area (Å²) in [5, 5.41) is 15.9. The molecule has 0 bridgehead atoms. The van der Waals surface area contributed by atoms with Crippen LogP contribution < -0.4 is 10.6 Å². The number of hydrogen-bond donors (Lipinski definition) is 3. The van der Waals surface area contributed by atoms with Gasteiger partial charge in [-0.1, -0.05) is 85.3 Å². The molecule has 2 fully saturated rings. The number of fused-ring (bicyclic) bond motifs is 3. The first kappa shape index (κ1) is 27.0. The fraction of sp³-hybridized carbons (Fsp3) is 0.364. The molecule has 8 heteroatoms. The summed E-state index contributed by atoms with van der Waals surface area (Å²) in [7, 11) is 0. The van der Waals surface area contributed by atoms with Gasteiger partial charge in [-0.15, -0.1) is 0 Å². The van der Waals surface area contributed by atoms with E-state index in [9.17, 15) is 19.5 Å². The topological polar surface area (TPSA) is 108 Å². The van der Waals surface area contributed by atoms with Gasteiger partial charge in [0.2, 0.25) is 5.91 Å². The molecule has 3 aromatic rings. The number of carbonyl (C=O) groups is 3. The Labute approximate surface area is 239 Å². The van der Waals surface area contributed by atoms with Crippen LogP contribution in [0.25, 0.3) is 11.1 Å². The molecule has 0 spiro atoms. The molecule has 1 atom stereocenters. The van der Waals surface area contributed by atoms with E-state index in [1.54, 1.807) is 0 Å². The van der Waals surface area contributed by atoms with Crippen LogP contribution in [0.3, 0.4) is 0 Å². The van der Waals surface area contributed by atoms with Crippen LogP contribution in [0.15, 0.2) is 78.9 Å². The third-order valence-corrected chi connectivity index (χ3v) is 9.07. The number of rotatable bonds is 9. The van der Waals surface area contributed by atoms with E-state index in [0.29, 0.717) is 32.4 Å². The van der Waals surface area contributed by atoms with Crippen LogP contribution in [0, 0.1) is 5.41 Å². The zero-order valence-corrected chi connectivity index (χ0v) is 23.0. The van der Waals surface area contributed by atoms with Crippen LogP contribution in [0.2, 0.25) is 0 Å². The number of nitrogens with one attached hydrogen (secondary N) is 2. The van der Waals surface area contributed by atoms with Crippen LogP contribution in [0.5, 0.6) is 0 Å². The van der Waals surface area contributed by atoms with Gasteiger partial charge in [0.1, 0.15) is 6.61 Å². The zero-order chi connectivity index (χ0) is 28.5. The summed E-state index contributed by atoms with van der Waals surface area (Å²) in [4.78, 5) is 40.8. The number of aliphatic carboxylic acids is 1. The maximum absolute atomic E-state index is 13.5. The van der Waals surface area contributed by atoms with Crippen LogP contribution in [-0.2, 0) is 20.9 Å². The van der Waals surface area contributed by atoms with E-state index in [4.69, 9.17) is 4.74 Å². The fourth-order valence-corrected chi connectivity index (χ4v) is 6.52. The zero-order valence-electron chi connectivity index (χ0n) is 23.0. The van der Waals surface area contributed by atoms with Crippen molar-refractivity contribution in [3.8, 4) is 11.1 Å². The lowest BCUT2D eigenvalue weighted by Crippen LogP contribution is -2.62. The molecule has 3 aromatic carbocycles. The molecule has 41 heavy (non-hydrogen) atoms. The maximum atomic E-state index is 13.5. The summed E-state index contributed by atoms with van der Waals surface area (Å²) in [6.45, 7) is 1.74. The SMILES string of the molecule is O=C(NCC1(C(=O)NC2(C(=O)O)CCN(Cc3ccccc3)C2)CCC1)OCC1c2ccccc2-c2ccccc21. The molecule has 1 saturated heterocycles. The van der Waals surface area contributed by atoms with Crippen molar-refractivity contribution in [2.45, 2.75) is 43.7 Å². The Hall–Kier alpha value is -4.17. The van der Waals surface area contributed by atoms with E-state index in [2.05, 4.69) is 39.8 Å². The quantitative estimate of drug-likeness (QED) is 0.359. The van der Waals surface area contributed by atoms with Gasteiger partial charge in [-0.3, -0.25) is 9.69 Å². The van der Waals surface area contributed by atoms with Crippen molar-refractivity contribution in [1.29, 1.82) is 0 Å². The second kappa shape index (κ2) is 11.0. The van der Waals surface area contributed by atoms with E-state index in [1.807, 2.05) is 54.6 Å². The lowest BCUT2D eigenvalue weighted by atomic mass is 9.67. The summed E-state index contributed by atoms with van der Waals surface area (Å²) in [6, 6.07) is 26.2. The maximum Gasteiger partial charge on any atom is 0.407 e.